The maximum atomic E-state index is 12.2. The van der Waals surface area contributed by atoms with Crippen molar-refractivity contribution in [2.45, 2.75) is 0 Å². The van der Waals surface area contributed by atoms with Crippen LogP contribution in [0.1, 0.15) is 0 Å². The highest BCUT2D eigenvalue weighted by Crippen LogP contribution is 2.18. The van der Waals surface area contributed by atoms with Crippen molar-refractivity contribution in [1.82, 2.24) is 9.80 Å². The van der Waals surface area contributed by atoms with Gasteiger partial charge in [-0.15, -0.1) is 0 Å². The van der Waals surface area contributed by atoms with Crippen LogP contribution in [0.3, 0.4) is 0 Å². The van der Waals surface area contributed by atoms with Gasteiger partial charge >= 0.3 is 0 Å². The number of rotatable bonds is 4. The number of carbonyl (C=O) groups excluding carboxylic acids is 2. The molecule has 0 aromatic heterocycles. The number of anilines is 1. The van der Waals surface area contributed by atoms with E-state index in [0.717, 1.165) is 0 Å². The number of hydrogen-bond acceptors (Lipinski definition) is 5. The zero-order chi connectivity index (χ0) is 15.6. The number of nitro groups is 1. The van der Waals surface area contributed by atoms with Crippen molar-refractivity contribution >= 4 is 23.2 Å². The molecule has 0 saturated carbocycles. The Morgan fingerprint density at radius 2 is 2.00 bits per heavy atom. The van der Waals surface area contributed by atoms with Gasteiger partial charge in [0.15, 0.2) is 0 Å². The minimum absolute atomic E-state index is 0.0132. The Bertz CT molecular complexity index is 572. The summed E-state index contributed by atoms with van der Waals surface area (Å²) in [6, 6.07) is 5.76. The summed E-state index contributed by atoms with van der Waals surface area (Å²) in [6.07, 6.45) is 0. The van der Waals surface area contributed by atoms with Crippen molar-refractivity contribution in [3.63, 3.8) is 0 Å². The maximum Gasteiger partial charge on any atom is 0.269 e. The highest BCUT2D eigenvalue weighted by atomic mass is 16.6. The molecule has 21 heavy (non-hydrogen) atoms. The van der Waals surface area contributed by atoms with Gasteiger partial charge in [0.25, 0.3) is 5.69 Å². The largest absolute Gasteiger partial charge is 0.332 e. The van der Waals surface area contributed by atoms with E-state index in [-0.39, 0.29) is 30.6 Å². The quantitative estimate of drug-likeness (QED) is 0.588. The molecule has 1 fully saturated rings. The fourth-order valence-electron chi connectivity index (χ4n) is 2.09. The van der Waals surface area contributed by atoms with E-state index in [1.54, 1.807) is 23.9 Å². The summed E-state index contributed by atoms with van der Waals surface area (Å²) in [5.74, 6) is -0.187. The summed E-state index contributed by atoms with van der Waals surface area (Å²) < 4.78 is 0. The van der Waals surface area contributed by atoms with E-state index in [1.165, 1.54) is 29.2 Å². The first kappa shape index (κ1) is 14.9. The highest BCUT2D eigenvalue weighted by Gasteiger charge is 2.26. The predicted octanol–water partition coefficient (Wildman–Crippen LogP) is 0.289. The first-order valence-electron chi connectivity index (χ1n) is 6.36. The number of hydrogen-bond donors (Lipinski definition) is 0. The standard InChI is InChI=1S/C13H16N4O4/c1-14-9-16(7-12(14)18)8-13(19)15(2)10-3-5-11(6-4-10)17(20)21/h3-6H,7-9H2,1-2H3. The summed E-state index contributed by atoms with van der Waals surface area (Å²) in [5.41, 5.74) is 0.552. The molecule has 1 aromatic carbocycles. The summed E-state index contributed by atoms with van der Waals surface area (Å²) in [7, 11) is 3.29. The van der Waals surface area contributed by atoms with Gasteiger partial charge in [0.05, 0.1) is 24.7 Å². The normalized spacial score (nSPS) is 15.3. The highest BCUT2D eigenvalue weighted by molar-refractivity contribution is 5.94. The number of benzene rings is 1. The Morgan fingerprint density at radius 1 is 1.38 bits per heavy atom. The van der Waals surface area contributed by atoms with E-state index in [2.05, 4.69) is 0 Å². The molecule has 0 bridgehead atoms. The molecule has 2 amide bonds. The van der Waals surface area contributed by atoms with Crippen molar-refractivity contribution < 1.29 is 14.5 Å². The number of carbonyl (C=O) groups is 2. The molecule has 0 aliphatic carbocycles. The summed E-state index contributed by atoms with van der Waals surface area (Å²) in [4.78, 5) is 38.4. The van der Waals surface area contributed by atoms with Crippen LogP contribution in [0.2, 0.25) is 0 Å². The van der Waals surface area contributed by atoms with Crippen LogP contribution in [-0.4, -0.2) is 60.4 Å². The lowest BCUT2D eigenvalue weighted by molar-refractivity contribution is -0.384. The zero-order valence-electron chi connectivity index (χ0n) is 11.9. The van der Waals surface area contributed by atoms with Crippen LogP contribution in [0.5, 0.6) is 0 Å². The van der Waals surface area contributed by atoms with E-state index in [1.807, 2.05) is 0 Å². The molecule has 0 radical (unpaired) electrons. The van der Waals surface area contributed by atoms with Crippen molar-refractivity contribution in [3.8, 4) is 0 Å². The minimum Gasteiger partial charge on any atom is -0.332 e. The summed E-state index contributed by atoms with van der Waals surface area (Å²) >= 11 is 0. The van der Waals surface area contributed by atoms with Crippen molar-refractivity contribution in [2.75, 3.05) is 38.8 Å². The second-order valence-corrected chi connectivity index (χ2v) is 4.95. The van der Waals surface area contributed by atoms with Crippen molar-refractivity contribution in [3.05, 3.63) is 34.4 Å². The second-order valence-electron chi connectivity index (χ2n) is 4.95. The van der Waals surface area contributed by atoms with Gasteiger partial charge < -0.3 is 9.80 Å². The fourth-order valence-corrected chi connectivity index (χ4v) is 2.09. The zero-order valence-corrected chi connectivity index (χ0v) is 11.9. The molecular formula is C13H16N4O4. The monoisotopic (exact) mass is 292 g/mol. The molecule has 112 valence electrons. The maximum absolute atomic E-state index is 12.2. The van der Waals surface area contributed by atoms with Gasteiger partial charge in [-0.3, -0.25) is 24.6 Å². The van der Waals surface area contributed by atoms with Crippen molar-refractivity contribution in [2.24, 2.45) is 0 Å². The SMILES string of the molecule is CN1CN(CC(=O)N(C)c2ccc([N+](=O)[O-])cc2)CC1=O. The molecule has 0 N–H and O–H groups in total. The Morgan fingerprint density at radius 3 is 2.48 bits per heavy atom. The molecular weight excluding hydrogens is 276 g/mol. The average Bonchev–Trinajstić information content (AvgIpc) is 2.76. The Kier molecular flexibility index (Phi) is 4.18. The van der Waals surface area contributed by atoms with Crippen molar-refractivity contribution in [1.29, 1.82) is 0 Å². The molecule has 0 atom stereocenters. The first-order chi connectivity index (χ1) is 9.88. The Balaban J connectivity index is 1.99. The van der Waals surface area contributed by atoms with Gasteiger partial charge in [0.2, 0.25) is 11.8 Å². The number of nitro benzene ring substituents is 1. The molecule has 8 nitrogen and oxygen atoms in total. The minimum atomic E-state index is -0.489. The average molecular weight is 292 g/mol. The summed E-state index contributed by atoms with van der Waals surface area (Å²) in [6.45, 7) is 0.790. The van der Waals surface area contributed by atoms with E-state index in [4.69, 9.17) is 0 Å². The van der Waals surface area contributed by atoms with Crippen LogP contribution >= 0.6 is 0 Å². The van der Waals surface area contributed by atoms with Gasteiger partial charge in [-0.25, -0.2) is 0 Å². The van der Waals surface area contributed by atoms with E-state index >= 15 is 0 Å². The topological polar surface area (TPSA) is 87.0 Å². The molecule has 1 saturated heterocycles. The Labute approximate surface area is 121 Å². The second kappa shape index (κ2) is 5.88. The van der Waals surface area contributed by atoms with E-state index < -0.39 is 4.92 Å². The molecule has 0 spiro atoms. The van der Waals surface area contributed by atoms with Crippen LogP contribution in [-0.2, 0) is 9.59 Å². The third kappa shape index (κ3) is 3.34. The van der Waals surface area contributed by atoms with E-state index in [9.17, 15) is 19.7 Å². The molecule has 1 aromatic rings. The lowest BCUT2D eigenvalue weighted by atomic mass is 10.2. The van der Waals surface area contributed by atoms with Crippen LogP contribution in [0, 0.1) is 10.1 Å². The molecule has 0 unspecified atom stereocenters. The predicted molar refractivity (Wildman–Crippen MR) is 75.7 cm³/mol. The fraction of sp³-hybridized carbons (Fsp3) is 0.385. The van der Waals surface area contributed by atoms with Gasteiger partial charge in [-0.1, -0.05) is 0 Å². The third-order valence-corrected chi connectivity index (χ3v) is 3.38. The molecule has 1 aliphatic heterocycles. The lowest BCUT2D eigenvalue weighted by Gasteiger charge is -2.21. The molecule has 1 heterocycles. The number of amides is 2. The first-order valence-corrected chi connectivity index (χ1v) is 6.36. The molecule has 1 aliphatic rings. The number of nitrogens with zero attached hydrogens (tertiary/aromatic N) is 4. The van der Waals surface area contributed by atoms with Gasteiger partial charge in [-0.05, 0) is 12.1 Å². The van der Waals surface area contributed by atoms with Crippen LogP contribution in [0.25, 0.3) is 0 Å². The third-order valence-electron chi connectivity index (χ3n) is 3.38. The summed E-state index contributed by atoms with van der Waals surface area (Å²) in [5, 5.41) is 10.6. The smallest absolute Gasteiger partial charge is 0.269 e. The van der Waals surface area contributed by atoms with Crippen LogP contribution in [0.15, 0.2) is 24.3 Å². The Hall–Kier alpha value is -2.48. The number of likely N-dealkylation sites (N-methyl/N-ethyl adjacent to an activating group) is 2. The number of non-ortho nitro benzene ring substituents is 1. The van der Waals surface area contributed by atoms with Crippen LogP contribution in [0.4, 0.5) is 11.4 Å². The van der Waals surface area contributed by atoms with Crippen LogP contribution < -0.4 is 4.90 Å². The van der Waals surface area contributed by atoms with Gasteiger partial charge in [0.1, 0.15) is 0 Å². The molecule has 2 rings (SSSR count). The molecule has 8 heteroatoms. The van der Waals surface area contributed by atoms with E-state index in [0.29, 0.717) is 12.4 Å². The van der Waals surface area contributed by atoms with Gasteiger partial charge in [-0.2, -0.15) is 0 Å². The lowest BCUT2D eigenvalue weighted by Crippen LogP contribution is -2.38. The van der Waals surface area contributed by atoms with Gasteiger partial charge in [0, 0.05) is 31.9 Å².